The maximum absolute atomic E-state index is 12.3. The van der Waals surface area contributed by atoms with Gasteiger partial charge in [0.2, 0.25) is 5.75 Å². The molecule has 1 aromatic heterocycles. The van der Waals surface area contributed by atoms with Gasteiger partial charge in [-0.2, -0.15) is 0 Å². The van der Waals surface area contributed by atoms with Crippen LogP contribution >= 0.6 is 0 Å². The second-order valence-corrected chi connectivity index (χ2v) is 4.98. The van der Waals surface area contributed by atoms with Crippen molar-refractivity contribution in [3.8, 4) is 17.2 Å². The maximum Gasteiger partial charge on any atom is 0.251 e. The SMILES string of the molecule is COc1cc(C(=O)NCCNCc2ccoc2)cc(OC)c1OC. The summed E-state index contributed by atoms with van der Waals surface area (Å²) >= 11 is 0. The first-order valence-electron chi connectivity index (χ1n) is 7.49. The van der Waals surface area contributed by atoms with Crippen LogP contribution in [0.25, 0.3) is 0 Å². The van der Waals surface area contributed by atoms with E-state index in [-0.39, 0.29) is 5.91 Å². The number of hydrogen-bond donors (Lipinski definition) is 2. The summed E-state index contributed by atoms with van der Waals surface area (Å²) < 4.78 is 20.7. The van der Waals surface area contributed by atoms with Gasteiger partial charge in [0.1, 0.15) is 0 Å². The Morgan fingerprint density at radius 2 is 1.79 bits per heavy atom. The van der Waals surface area contributed by atoms with Crippen LogP contribution in [0.2, 0.25) is 0 Å². The number of rotatable bonds is 9. The zero-order valence-corrected chi connectivity index (χ0v) is 14.0. The van der Waals surface area contributed by atoms with Gasteiger partial charge in [0.25, 0.3) is 5.91 Å². The molecule has 0 aliphatic rings. The molecule has 2 rings (SSSR count). The summed E-state index contributed by atoms with van der Waals surface area (Å²) in [4.78, 5) is 12.3. The molecule has 130 valence electrons. The fourth-order valence-corrected chi connectivity index (χ4v) is 2.20. The molecule has 0 fully saturated rings. The lowest BCUT2D eigenvalue weighted by molar-refractivity contribution is 0.0953. The van der Waals surface area contributed by atoms with E-state index in [4.69, 9.17) is 18.6 Å². The minimum absolute atomic E-state index is 0.209. The van der Waals surface area contributed by atoms with Gasteiger partial charge >= 0.3 is 0 Å². The Kier molecular flexibility index (Phi) is 6.51. The topological polar surface area (TPSA) is 82.0 Å². The van der Waals surface area contributed by atoms with Crippen LogP contribution in [-0.4, -0.2) is 40.3 Å². The van der Waals surface area contributed by atoms with Gasteiger partial charge in [0.05, 0.1) is 33.9 Å². The lowest BCUT2D eigenvalue weighted by Gasteiger charge is -2.14. The van der Waals surface area contributed by atoms with Crippen LogP contribution in [0.4, 0.5) is 0 Å². The highest BCUT2D eigenvalue weighted by Crippen LogP contribution is 2.38. The molecular weight excluding hydrogens is 312 g/mol. The first kappa shape index (κ1) is 17.7. The van der Waals surface area contributed by atoms with E-state index < -0.39 is 0 Å². The van der Waals surface area contributed by atoms with Crippen molar-refractivity contribution in [2.75, 3.05) is 34.4 Å². The van der Waals surface area contributed by atoms with Crippen molar-refractivity contribution < 1.29 is 23.4 Å². The van der Waals surface area contributed by atoms with Gasteiger partial charge in [-0.15, -0.1) is 0 Å². The van der Waals surface area contributed by atoms with Crippen molar-refractivity contribution in [1.82, 2.24) is 10.6 Å². The molecule has 2 N–H and O–H groups in total. The number of carbonyl (C=O) groups excluding carboxylic acids is 1. The average molecular weight is 334 g/mol. The molecule has 24 heavy (non-hydrogen) atoms. The number of methoxy groups -OCH3 is 3. The van der Waals surface area contributed by atoms with E-state index >= 15 is 0 Å². The third kappa shape index (κ3) is 4.42. The molecule has 0 aliphatic carbocycles. The quantitative estimate of drug-likeness (QED) is 0.681. The summed E-state index contributed by atoms with van der Waals surface area (Å²) in [5.74, 6) is 1.14. The van der Waals surface area contributed by atoms with Gasteiger partial charge in [-0.3, -0.25) is 4.79 Å². The van der Waals surface area contributed by atoms with E-state index in [2.05, 4.69) is 10.6 Å². The Morgan fingerprint density at radius 1 is 1.08 bits per heavy atom. The summed E-state index contributed by atoms with van der Waals surface area (Å²) in [6.07, 6.45) is 3.31. The van der Waals surface area contributed by atoms with Crippen molar-refractivity contribution >= 4 is 5.91 Å². The predicted molar refractivity (Wildman–Crippen MR) is 88.8 cm³/mol. The highest BCUT2D eigenvalue weighted by molar-refractivity contribution is 5.95. The monoisotopic (exact) mass is 334 g/mol. The highest BCUT2D eigenvalue weighted by Gasteiger charge is 2.16. The van der Waals surface area contributed by atoms with Crippen molar-refractivity contribution in [3.05, 3.63) is 41.9 Å². The van der Waals surface area contributed by atoms with Gasteiger partial charge in [-0.25, -0.2) is 0 Å². The largest absolute Gasteiger partial charge is 0.493 e. The number of benzene rings is 1. The third-order valence-corrected chi connectivity index (χ3v) is 3.42. The molecule has 7 nitrogen and oxygen atoms in total. The first-order valence-corrected chi connectivity index (χ1v) is 7.49. The molecular formula is C17H22N2O5. The lowest BCUT2D eigenvalue weighted by atomic mass is 10.1. The molecule has 0 unspecified atom stereocenters. The van der Waals surface area contributed by atoms with E-state index in [9.17, 15) is 4.79 Å². The average Bonchev–Trinajstić information content (AvgIpc) is 3.13. The maximum atomic E-state index is 12.3. The van der Waals surface area contributed by atoms with E-state index in [1.54, 1.807) is 24.7 Å². The molecule has 7 heteroatoms. The number of amides is 1. The van der Waals surface area contributed by atoms with E-state index in [0.29, 0.717) is 42.4 Å². The van der Waals surface area contributed by atoms with Crippen LogP contribution in [0, 0.1) is 0 Å². The summed E-state index contributed by atoms with van der Waals surface area (Å²) in [6, 6.07) is 5.13. The standard InChI is InChI=1S/C17H22N2O5/c1-21-14-8-13(9-15(22-2)16(14)23-3)17(20)19-6-5-18-10-12-4-7-24-11-12/h4,7-9,11,18H,5-6,10H2,1-3H3,(H,19,20). The van der Waals surface area contributed by atoms with E-state index in [1.165, 1.54) is 21.3 Å². The minimum atomic E-state index is -0.209. The van der Waals surface area contributed by atoms with E-state index in [1.807, 2.05) is 6.07 Å². The summed E-state index contributed by atoms with van der Waals surface area (Å²) in [6.45, 7) is 1.82. The van der Waals surface area contributed by atoms with Crippen molar-refractivity contribution in [2.24, 2.45) is 0 Å². The Labute approximate surface area is 140 Å². The van der Waals surface area contributed by atoms with Gasteiger partial charge in [0, 0.05) is 30.8 Å². The number of hydrogen-bond acceptors (Lipinski definition) is 6. The minimum Gasteiger partial charge on any atom is -0.493 e. The van der Waals surface area contributed by atoms with Crippen LogP contribution in [0.15, 0.2) is 35.1 Å². The molecule has 0 radical (unpaired) electrons. The molecule has 0 saturated heterocycles. The van der Waals surface area contributed by atoms with Crippen molar-refractivity contribution in [3.63, 3.8) is 0 Å². The van der Waals surface area contributed by atoms with Crippen LogP contribution in [0.3, 0.4) is 0 Å². The molecule has 0 aliphatic heterocycles. The number of furan rings is 1. The van der Waals surface area contributed by atoms with Gasteiger partial charge in [-0.1, -0.05) is 0 Å². The Bertz CT molecular complexity index is 630. The highest BCUT2D eigenvalue weighted by atomic mass is 16.5. The van der Waals surface area contributed by atoms with Crippen molar-refractivity contribution in [1.29, 1.82) is 0 Å². The molecule has 2 aromatic rings. The van der Waals surface area contributed by atoms with Crippen LogP contribution in [-0.2, 0) is 6.54 Å². The van der Waals surface area contributed by atoms with Crippen LogP contribution < -0.4 is 24.8 Å². The lowest BCUT2D eigenvalue weighted by Crippen LogP contribution is -2.31. The van der Waals surface area contributed by atoms with Gasteiger partial charge < -0.3 is 29.3 Å². The van der Waals surface area contributed by atoms with Gasteiger partial charge in [0.15, 0.2) is 11.5 Å². The third-order valence-electron chi connectivity index (χ3n) is 3.42. The normalized spacial score (nSPS) is 10.3. The Balaban J connectivity index is 1.89. The number of nitrogens with one attached hydrogen (secondary N) is 2. The first-order chi connectivity index (χ1) is 11.7. The summed E-state index contributed by atoms with van der Waals surface area (Å²) in [5, 5.41) is 6.06. The molecule has 1 amide bonds. The molecule has 1 aromatic carbocycles. The zero-order chi connectivity index (χ0) is 17.4. The molecule has 0 bridgehead atoms. The van der Waals surface area contributed by atoms with Crippen LogP contribution in [0.5, 0.6) is 17.2 Å². The van der Waals surface area contributed by atoms with Crippen LogP contribution in [0.1, 0.15) is 15.9 Å². The Morgan fingerprint density at radius 3 is 2.33 bits per heavy atom. The summed E-state index contributed by atoms with van der Waals surface area (Å²) in [5.41, 5.74) is 1.50. The number of ether oxygens (including phenoxy) is 3. The summed E-state index contributed by atoms with van der Waals surface area (Å²) in [7, 11) is 4.54. The molecule has 0 atom stereocenters. The fraction of sp³-hybridized carbons (Fsp3) is 0.353. The van der Waals surface area contributed by atoms with Gasteiger partial charge in [-0.05, 0) is 18.2 Å². The molecule has 0 spiro atoms. The predicted octanol–water partition coefficient (Wildman–Crippen LogP) is 1.82. The van der Waals surface area contributed by atoms with E-state index in [0.717, 1.165) is 5.56 Å². The fourth-order valence-electron chi connectivity index (χ4n) is 2.20. The molecule has 0 saturated carbocycles. The smallest absolute Gasteiger partial charge is 0.251 e. The second kappa shape index (κ2) is 8.83. The molecule has 1 heterocycles. The number of carbonyl (C=O) groups is 1. The zero-order valence-electron chi connectivity index (χ0n) is 14.0. The Hall–Kier alpha value is -2.67. The second-order valence-electron chi connectivity index (χ2n) is 4.98. The van der Waals surface area contributed by atoms with Crippen molar-refractivity contribution in [2.45, 2.75) is 6.54 Å².